The number of sulfonamides is 1. The maximum atomic E-state index is 12.8. The quantitative estimate of drug-likeness (QED) is 0.793. The maximum absolute atomic E-state index is 12.8. The second-order valence-electron chi connectivity index (χ2n) is 7.94. The molecule has 4 rings (SSSR count). The molecule has 0 saturated carbocycles. The van der Waals surface area contributed by atoms with Gasteiger partial charge in [-0.2, -0.15) is 0 Å². The first kappa shape index (κ1) is 20.7. The van der Waals surface area contributed by atoms with Gasteiger partial charge in [-0.05, 0) is 68.4 Å². The number of rotatable bonds is 5. The van der Waals surface area contributed by atoms with Crippen LogP contribution in [-0.4, -0.2) is 59.0 Å². The van der Waals surface area contributed by atoms with Gasteiger partial charge in [-0.1, -0.05) is 0 Å². The number of likely N-dealkylation sites (N-methyl/N-ethyl adjacent to an activating group) is 1. The van der Waals surface area contributed by atoms with Gasteiger partial charge in [-0.3, -0.25) is 9.52 Å². The van der Waals surface area contributed by atoms with E-state index < -0.39 is 10.0 Å². The molecule has 8 heteroatoms. The molecule has 1 N–H and O–H groups in total. The third-order valence-corrected chi connectivity index (χ3v) is 7.17. The lowest BCUT2D eigenvalue weighted by molar-refractivity contribution is -0.119. The van der Waals surface area contributed by atoms with Crippen LogP contribution < -0.4 is 14.5 Å². The van der Waals surface area contributed by atoms with Crippen molar-refractivity contribution in [2.24, 2.45) is 0 Å². The molecule has 0 aliphatic carbocycles. The molecule has 160 valence electrons. The highest BCUT2D eigenvalue weighted by molar-refractivity contribution is 7.92. The topological polar surface area (TPSA) is 73.0 Å². The molecule has 2 aromatic rings. The minimum atomic E-state index is -3.69. The van der Waals surface area contributed by atoms with Gasteiger partial charge in [0.2, 0.25) is 5.91 Å². The normalized spacial score (nSPS) is 18.5. The molecule has 2 aliphatic rings. The van der Waals surface area contributed by atoms with Gasteiger partial charge < -0.3 is 14.7 Å². The first-order chi connectivity index (χ1) is 14.4. The van der Waals surface area contributed by atoms with Crippen LogP contribution in [0.2, 0.25) is 0 Å². The molecule has 0 unspecified atom stereocenters. The number of piperidine rings is 1. The van der Waals surface area contributed by atoms with E-state index in [-0.39, 0.29) is 10.8 Å². The lowest BCUT2D eigenvalue weighted by atomic mass is 10.1. The summed E-state index contributed by atoms with van der Waals surface area (Å²) in [6, 6.07) is 14.0. The van der Waals surface area contributed by atoms with Crippen molar-refractivity contribution in [3.63, 3.8) is 0 Å². The van der Waals surface area contributed by atoms with E-state index in [2.05, 4.69) is 21.6 Å². The van der Waals surface area contributed by atoms with Crippen molar-refractivity contribution in [1.82, 2.24) is 4.90 Å². The van der Waals surface area contributed by atoms with Gasteiger partial charge in [0, 0.05) is 56.2 Å². The van der Waals surface area contributed by atoms with Gasteiger partial charge in [0.15, 0.2) is 0 Å². The minimum absolute atomic E-state index is 0.0930. The Hall–Kier alpha value is -2.58. The molecule has 2 aliphatic heterocycles. The van der Waals surface area contributed by atoms with Crippen molar-refractivity contribution in [1.29, 1.82) is 0 Å². The summed E-state index contributed by atoms with van der Waals surface area (Å²) in [6.45, 7) is 4.66. The summed E-state index contributed by atoms with van der Waals surface area (Å²) in [7, 11) is -1.58. The maximum Gasteiger partial charge on any atom is 0.261 e. The standard InChI is InChI=1S/C22H28N4O3S/c1-24-14-16-25(17-15-24)19-7-5-18(6-8-19)23-30(28,29)21-11-9-20(10-12-21)26-13-3-2-4-22(26)27/h5-12,23H,2-4,13-17H2,1H3. The van der Waals surface area contributed by atoms with Gasteiger partial charge in [0.1, 0.15) is 0 Å². The van der Waals surface area contributed by atoms with E-state index >= 15 is 0 Å². The molecule has 2 fully saturated rings. The fraction of sp³-hybridized carbons (Fsp3) is 0.409. The number of nitrogens with zero attached hydrogens (tertiary/aromatic N) is 3. The Labute approximate surface area is 178 Å². The summed E-state index contributed by atoms with van der Waals surface area (Å²) in [5, 5.41) is 0. The van der Waals surface area contributed by atoms with E-state index in [1.165, 1.54) is 0 Å². The Morgan fingerprint density at radius 2 is 1.43 bits per heavy atom. The second-order valence-corrected chi connectivity index (χ2v) is 9.62. The van der Waals surface area contributed by atoms with Crippen LogP contribution in [0.4, 0.5) is 17.1 Å². The Morgan fingerprint density at radius 1 is 0.800 bits per heavy atom. The SMILES string of the molecule is CN1CCN(c2ccc(NS(=O)(=O)c3ccc(N4CCCCC4=O)cc3)cc2)CC1. The summed E-state index contributed by atoms with van der Waals surface area (Å²) >= 11 is 0. The average molecular weight is 429 g/mol. The van der Waals surface area contributed by atoms with Crippen LogP contribution in [0.25, 0.3) is 0 Å². The minimum Gasteiger partial charge on any atom is -0.369 e. The van der Waals surface area contributed by atoms with Crippen LogP contribution in [0.3, 0.4) is 0 Å². The summed E-state index contributed by atoms with van der Waals surface area (Å²) in [4.78, 5) is 18.6. The molecule has 0 bridgehead atoms. The fourth-order valence-electron chi connectivity index (χ4n) is 3.90. The van der Waals surface area contributed by atoms with Crippen LogP contribution in [-0.2, 0) is 14.8 Å². The van der Waals surface area contributed by atoms with Crippen LogP contribution in [0.5, 0.6) is 0 Å². The van der Waals surface area contributed by atoms with Crippen molar-refractivity contribution in [3.05, 3.63) is 48.5 Å². The van der Waals surface area contributed by atoms with E-state index in [1.807, 2.05) is 12.1 Å². The summed E-state index contributed by atoms with van der Waals surface area (Å²) in [5.41, 5.74) is 2.37. The summed E-state index contributed by atoms with van der Waals surface area (Å²) < 4.78 is 28.2. The monoisotopic (exact) mass is 428 g/mol. The molecule has 30 heavy (non-hydrogen) atoms. The van der Waals surface area contributed by atoms with Crippen molar-refractivity contribution < 1.29 is 13.2 Å². The molecule has 0 atom stereocenters. The van der Waals surface area contributed by atoms with Crippen LogP contribution >= 0.6 is 0 Å². The number of benzene rings is 2. The zero-order chi connectivity index (χ0) is 21.1. The number of amides is 1. The zero-order valence-corrected chi connectivity index (χ0v) is 18.1. The lowest BCUT2D eigenvalue weighted by Crippen LogP contribution is -2.44. The smallest absolute Gasteiger partial charge is 0.261 e. The Kier molecular flexibility index (Phi) is 5.97. The molecule has 2 heterocycles. The molecule has 2 aromatic carbocycles. The summed E-state index contributed by atoms with van der Waals surface area (Å²) in [5.74, 6) is 0.0930. The molecule has 7 nitrogen and oxygen atoms in total. The third-order valence-electron chi connectivity index (χ3n) is 5.77. The van der Waals surface area contributed by atoms with E-state index in [4.69, 9.17) is 0 Å². The van der Waals surface area contributed by atoms with Crippen molar-refractivity contribution in [2.45, 2.75) is 24.2 Å². The first-order valence-corrected chi connectivity index (χ1v) is 11.9. The number of piperazine rings is 1. The molecular formula is C22H28N4O3S. The molecule has 0 spiro atoms. The molecular weight excluding hydrogens is 400 g/mol. The number of carbonyl (C=O) groups excluding carboxylic acids is 1. The number of hydrogen-bond acceptors (Lipinski definition) is 5. The summed E-state index contributed by atoms with van der Waals surface area (Å²) in [6.07, 6.45) is 2.43. The fourth-order valence-corrected chi connectivity index (χ4v) is 4.96. The number of anilines is 3. The predicted molar refractivity (Wildman–Crippen MR) is 120 cm³/mol. The van der Waals surface area contributed by atoms with Gasteiger partial charge in [-0.25, -0.2) is 8.42 Å². The van der Waals surface area contributed by atoms with E-state index in [0.717, 1.165) is 50.4 Å². The third kappa shape index (κ3) is 4.60. The van der Waals surface area contributed by atoms with Crippen LogP contribution in [0, 0.1) is 0 Å². The van der Waals surface area contributed by atoms with Crippen LogP contribution in [0.15, 0.2) is 53.4 Å². The first-order valence-electron chi connectivity index (χ1n) is 10.4. The van der Waals surface area contributed by atoms with Gasteiger partial charge in [0.05, 0.1) is 4.90 Å². The van der Waals surface area contributed by atoms with E-state index in [0.29, 0.717) is 18.7 Å². The van der Waals surface area contributed by atoms with E-state index in [9.17, 15) is 13.2 Å². The van der Waals surface area contributed by atoms with Gasteiger partial charge in [-0.15, -0.1) is 0 Å². The van der Waals surface area contributed by atoms with Crippen molar-refractivity contribution in [3.8, 4) is 0 Å². The molecule has 0 radical (unpaired) electrons. The van der Waals surface area contributed by atoms with Gasteiger partial charge >= 0.3 is 0 Å². The van der Waals surface area contributed by atoms with Crippen LogP contribution in [0.1, 0.15) is 19.3 Å². The number of nitrogens with one attached hydrogen (secondary N) is 1. The van der Waals surface area contributed by atoms with Crippen molar-refractivity contribution in [2.75, 3.05) is 54.3 Å². The Bertz CT molecular complexity index is 982. The predicted octanol–water partition coefficient (Wildman–Crippen LogP) is 2.76. The highest BCUT2D eigenvalue weighted by Gasteiger charge is 2.21. The molecule has 0 aromatic heterocycles. The average Bonchev–Trinajstić information content (AvgIpc) is 2.75. The highest BCUT2D eigenvalue weighted by atomic mass is 32.2. The highest BCUT2D eigenvalue weighted by Crippen LogP contribution is 2.25. The Balaban J connectivity index is 1.43. The lowest BCUT2D eigenvalue weighted by Gasteiger charge is -2.34. The molecule has 1 amide bonds. The van der Waals surface area contributed by atoms with Crippen molar-refractivity contribution >= 4 is 33.0 Å². The van der Waals surface area contributed by atoms with E-state index in [1.54, 1.807) is 41.3 Å². The number of hydrogen-bond donors (Lipinski definition) is 1. The second kappa shape index (κ2) is 8.65. The zero-order valence-electron chi connectivity index (χ0n) is 17.3. The number of carbonyl (C=O) groups is 1. The largest absolute Gasteiger partial charge is 0.369 e. The Morgan fingerprint density at radius 3 is 2.07 bits per heavy atom. The molecule has 2 saturated heterocycles. The van der Waals surface area contributed by atoms with Gasteiger partial charge in [0.25, 0.3) is 10.0 Å².